The number of hydrazine groups is 1. The van der Waals surface area contributed by atoms with E-state index in [4.69, 9.17) is 14.2 Å². The van der Waals surface area contributed by atoms with Gasteiger partial charge in [0, 0.05) is 5.56 Å². The molecule has 7 nitrogen and oxygen atoms in total. The Morgan fingerprint density at radius 1 is 1.00 bits per heavy atom. The summed E-state index contributed by atoms with van der Waals surface area (Å²) in [6, 6.07) is 12.4. The minimum absolute atomic E-state index is 0.0422. The number of hydrogen-bond acceptors (Lipinski definition) is 5. The van der Waals surface area contributed by atoms with Crippen LogP contribution < -0.4 is 25.1 Å². The van der Waals surface area contributed by atoms with Gasteiger partial charge in [0.15, 0.2) is 17.6 Å². The average Bonchev–Trinajstić information content (AvgIpc) is 3.13. The summed E-state index contributed by atoms with van der Waals surface area (Å²) in [5, 5.41) is 0. The molecule has 0 saturated heterocycles. The molecule has 0 fully saturated rings. The van der Waals surface area contributed by atoms with Crippen LogP contribution >= 0.6 is 0 Å². The Kier molecular flexibility index (Phi) is 5.44. The van der Waals surface area contributed by atoms with E-state index in [1.54, 1.807) is 25.1 Å². The summed E-state index contributed by atoms with van der Waals surface area (Å²) in [7, 11) is 0. The highest BCUT2D eigenvalue weighted by atomic mass is 16.7. The van der Waals surface area contributed by atoms with E-state index in [1.807, 2.05) is 24.3 Å². The Morgan fingerprint density at radius 3 is 2.36 bits per heavy atom. The molecular formula is C21H24N2O5. The van der Waals surface area contributed by atoms with Crippen molar-refractivity contribution in [1.82, 2.24) is 10.9 Å². The second kappa shape index (κ2) is 7.80. The fourth-order valence-electron chi connectivity index (χ4n) is 2.62. The van der Waals surface area contributed by atoms with Crippen LogP contribution in [0.3, 0.4) is 0 Å². The normalized spacial score (nSPS) is 13.6. The molecule has 0 spiro atoms. The van der Waals surface area contributed by atoms with Gasteiger partial charge in [0.1, 0.15) is 5.75 Å². The first-order chi connectivity index (χ1) is 13.2. The van der Waals surface area contributed by atoms with Gasteiger partial charge in [-0.25, -0.2) is 0 Å². The van der Waals surface area contributed by atoms with Crippen LogP contribution in [0, 0.1) is 0 Å². The summed E-state index contributed by atoms with van der Waals surface area (Å²) in [6.07, 6.45) is -0.780. The van der Waals surface area contributed by atoms with E-state index in [2.05, 4.69) is 31.6 Å². The highest BCUT2D eigenvalue weighted by molar-refractivity contribution is 5.96. The molecule has 148 valence electrons. The van der Waals surface area contributed by atoms with Gasteiger partial charge in [-0.1, -0.05) is 32.9 Å². The highest BCUT2D eigenvalue weighted by Gasteiger charge is 2.19. The van der Waals surface area contributed by atoms with Gasteiger partial charge in [-0.15, -0.1) is 0 Å². The monoisotopic (exact) mass is 384 g/mol. The van der Waals surface area contributed by atoms with Crippen molar-refractivity contribution >= 4 is 11.8 Å². The number of carbonyl (C=O) groups excluding carboxylic acids is 2. The molecule has 1 atom stereocenters. The summed E-state index contributed by atoms with van der Waals surface area (Å²) in [4.78, 5) is 24.4. The molecule has 2 amide bonds. The van der Waals surface area contributed by atoms with Gasteiger partial charge in [0.2, 0.25) is 6.79 Å². The third-order valence-corrected chi connectivity index (χ3v) is 4.34. The number of hydrogen-bond donors (Lipinski definition) is 2. The fraction of sp³-hybridized carbons (Fsp3) is 0.333. The van der Waals surface area contributed by atoms with Crippen LogP contribution in [0.15, 0.2) is 42.5 Å². The van der Waals surface area contributed by atoms with Crippen LogP contribution in [-0.4, -0.2) is 24.7 Å². The Labute approximate surface area is 164 Å². The summed E-state index contributed by atoms with van der Waals surface area (Å²) >= 11 is 0. The minimum Gasteiger partial charge on any atom is -0.481 e. The first kappa shape index (κ1) is 19.5. The predicted molar refractivity (Wildman–Crippen MR) is 103 cm³/mol. The van der Waals surface area contributed by atoms with Crippen LogP contribution in [-0.2, 0) is 10.2 Å². The Balaban J connectivity index is 1.52. The summed E-state index contributed by atoms with van der Waals surface area (Å²) in [6.45, 7) is 8.12. The van der Waals surface area contributed by atoms with Crippen molar-refractivity contribution in [1.29, 1.82) is 0 Å². The topological polar surface area (TPSA) is 85.9 Å². The van der Waals surface area contributed by atoms with Crippen LogP contribution in [0.25, 0.3) is 0 Å². The van der Waals surface area contributed by atoms with Crippen molar-refractivity contribution in [3.8, 4) is 17.2 Å². The lowest BCUT2D eigenvalue weighted by Gasteiger charge is -2.20. The van der Waals surface area contributed by atoms with E-state index in [1.165, 1.54) is 5.56 Å². The van der Waals surface area contributed by atoms with Gasteiger partial charge < -0.3 is 14.2 Å². The summed E-state index contributed by atoms with van der Waals surface area (Å²) < 4.78 is 16.1. The number of nitrogens with one attached hydrogen (secondary N) is 2. The molecule has 1 heterocycles. The Hall–Kier alpha value is -3.22. The van der Waals surface area contributed by atoms with Crippen molar-refractivity contribution in [2.45, 2.75) is 39.2 Å². The van der Waals surface area contributed by atoms with E-state index in [-0.39, 0.29) is 12.2 Å². The van der Waals surface area contributed by atoms with Crippen LogP contribution in [0.4, 0.5) is 0 Å². The van der Waals surface area contributed by atoms with Gasteiger partial charge in [0.25, 0.3) is 11.8 Å². The van der Waals surface area contributed by atoms with Crippen molar-refractivity contribution in [2.75, 3.05) is 6.79 Å². The van der Waals surface area contributed by atoms with Crippen molar-refractivity contribution in [3.05, 3.63) is 53.6 Å². The van der Waals surface area contributed by atoms with Crippen LogP contribution in [0.5, 0.6) is 17.2 Å². The van der Waals surface area contributed by atoms with Crippen molar-refractivity contribution in [2.24, 2.45) is 0 Å². The summed E-state index contributed by atoms with van der Waals surface area (Å²) in [5.41, 5.74) is 6.30. The largest absolute Gasteiger partial charge is 0.481 e. The van der Waals surface area contributed by atoms with Gasteiger partial charge in [-0.2, -0.15) is 0 Å². The molecule has 0 saturated carbocycles. The number of carbonyl (C=O) groups is 2. The predicted octanol–water partition coefficient (Wildman–Crippen LogP) is 2.94. The second-order valence-corrected chi connectivity index (χ2v) is 7.55. The molecule has 0 bridgehead atoms. The second-order valence-electron chi connectivity index (χ2n) is 7.55. The van der Waals surface area contributed by atoms with Gasteiger partial charge in [-0.05, 0) is 48.2 Å². The van der Waals surface area contributed by atoms with Crippen molar-refractivity contribution in [3.63, 3.8) is 0 Å². The molecule has 0 aromatic heterocycles. The van der Waals surface area contributed by atoms with Crippen LogP contribution in [0.1, 0.15) is 43.6 Å². The molecule has 0 radical (unpaired) electrons. The zero-order chi connectivity index (χ0) is 20.3. The maximum Gasteiger partial charge on any atom is 0.279 e. The first-order valence-corrected chi connectivity index (χ1v) is 9.01. The molecule has 1 aliphatic heterocycles. The molecule has 0 aliphatic carbocycles. The Morgan fingerprint density at radius 2 is 1.68 bits per heavy atom. The summed E-state index contributed by atoms with van der Waals surface area (Å²) in [5.74, 6) is 0.731. The molecule has 1 aliphatic rings. The first-order valence-electron chi connectivity index (χ1n) is 9.01. The molecule has 28 heavy (non-hydrogen) atoms. The minimum atomic E-state index is -0.780. The lowest BCUT2D eigenvalue weighted by atomic mass is 9.87. The number of benzene rings is 2. The molecule has 0 unspecified atom stereocenters. The van der Waals surface area contributed by atoms with E-state index >= 15 is 0 Å². The smallest absolute Gasteiger partial charge is 0.279 e. The van der Waals surface area contributed by atoms with Crippen LogP contribution in [0.2, 0.25) is 0 Å². The van der Waals surface area contributed by atoms with E-state index in [0.717, 1.165) is 0 Å². The zero-order valence-electron chi connectivity index (χ0n) is 16.4. The highest BCUT2D eigenvalue weighted by Crippen LogP contribution is 2.32. The van der Waals surface area contributed by atoms with Gasteiger partial charge in [0.05, 0.1) is 0 Å². The molecule has 3 rings (SSSR count). The van der Waals surface area contributed by atoms with E-state index < -0.39 is 17.9 Å². The molecule has 7 heteroatoms. The quantitative estimate of drug-likeness (QED) is 0.792. The third kappa shape index (κ3) is 4.54. The lowest BCUT2D eigenvalue weighted by Crippen LogP contribution is -2.47. The van der Waals surface area contributed by atoms with E-state index in [9.17, 15) is 9.59 Å². The molecule has 2 aromatic carbocycles. The standard InChI is InChI=1S/C21H24N2O5/c1-13(28-16-8-6-15(7-9-16)21(2,3)4)19(24)22-23-20(25)14-5-10-17-18(11-14)27-12-26-17/h5-11,13H,12H2,1-4H3,(H,22,24)(H,23,25)/t13-/m1/s1. The van der Waals surface area contributed by atoms with Gasteiger partial charge >= 0.3 is 0 Å². The molecular weight excluding hydrogens is 360 g/mol. The zero-order valence-corrected chi connectivity index (χ0v) is 16.4. The number of ether oxygens (including phenoxy) is 3. The third-order valence-electron chi connectivity index (χ3n) is 4.34. The molecule has 2 N–H and O–H groups in total. The fourth-order valence-corrected chi connectivity index (χ4v) is 2.62. The molecule has 2 aromatic rings. The number of rotatable bonds is 4. The SMILES string of the molecule is C[C@@H](Oc1ccc(C(C)(C)C)cc1)C(=O)NNC(=O)c1ccc2c(c1)OCO2. The number of fused-ring (bicyclic) bond motifs is 1. The Bertz CT molecular complexity index is 871. The van der Waals surface area contributed by atoms with Gasteiger partial charge in [-0.3, -0.25) is 20.4 Å². The van der Waals surface area contributed by atoms with E-state index in [0.29, 0.717) is 22.8 Å². The van der Waals surface area contributed by atoms with Crippen molar-refractivity contribution < 1.29 is 23.8 Å². The average molecular weight is 384 g/mol. The maximum atomic E-state index is 12.2. The lowest BCUT2D eigenvalue weighted by molar-refractivity contribution is -0.128. The number of amides is 2. The maximum absolute atomic E-state index is 12.2.